The fourth-order valence-corrected chi connectivity index (χ4v) is 3.42. The lowest BCUT2D eigenvalue weighted by Crippen LogP contribution is -2.34. The maximum absolute atomic E-state index is 3.46. The fraction of sp³-hybridized carbons (Fsp3) is 1.00. The van der Waals surface area contributed by atoms with Crippen molar-refractivity contribution < 1.29 is 0 Å². The van der Waals surface area contributed by atoms with Crippen molar-refractivity contribution in [3.63, 3.8) is 0 Å². The second kappa shape index (κ2) is 7.38. The predicted octanol–water partition coefficient (Wildman–Crippen LogP) is 3.03. The first kappa shape index (κ1) is 13.4. The molecule has 17 heavy (non-hydrogen) atoms. The van der Waals surface area contributed by atoms with Gasteiger partial charge in [-0.3, -0.25) is 0 Å². The first-order chi connectivity index (χ1) is 8.36. The van der Waals surface area contributed by atoms with E-state index in [9.17, 15) is 0 Å². The van der Waals surface area contributed by atoms with Crippen LogP contribution < -0.4 is 5.32 Å². The van der Waals surface area contributed by atoms with Gasteiger partial charge in [-0.2, -0.15) is 0 Å². The molecule has 0 aromatic rings. The number of piperidine rings is 1. The summed E-state index contributed by atoms with van der Waals surface area (Å²) in [5, 5.41) is 3.46. The number of rotatable bonds is 4. The van der Waals surface area contributed by atoms with Crippen LogP contribution in [-0.4, -0.2) is 37.1 Å². The molecule has 0 saturated carbocycles. The minimum Gasteiger partial charge on any atom is -0.317 e. The summed E-state index contributed by atoms with van der Waals surface area (Å²) in [5.74, 6) is 1.01. The normalized spacial score (nSPS) is 29.1. The molecule has 2 nitrogen and oxygen atoms in total. The van der Waals surface area contributed by atoms with Gasteiger partial charge in [0.05, 0.1) is 0 Å². The molecule has 0 radical (unpaired) electrons. The highest BCUT2D eigenvalue weighted by Gasteiger charge is 2.17. The minimum atomic E-state index is 0.838. The van der Waals surface area contributed by atoms with Crippen LogP contribution in [-0.2, 0) is 0 Å². The van der Waals surface area contributed by atoms with E-state index in [1.807, 2.05) is 0 Å². The zero-order chi connectivity index (χ0) is 11.9. The van der Waals surface area contributed by atoms with Crippen LogP contribution in [0.3, 0.4) is 0 Å². The second-order valence-electron chi connectivity index (χ2n) is 6.07. The standard InChI is InChI=1S/C15H30N2/c1-14-6-3-2-4-12-17(14)13-5-7-15-8-10-16-11-9-15/h14-16H,2-13H2,1H3. The van der Waals surface area contributed by atoms with E-state index in [-0.39, 0.29) is 0 Å². The van der Waals surface area contributed by atoms with Gasteiger partial charge < -0.3 is 10.2 Å². The molecule has 2 heteroatoms. The minimum absolute atomic E-state index is 0.838. The monoisotopic (exact) mass is 238 g/mol. The van der Waals surface area contributed by atoms with Crippen molar-refractivity contribution in [3.8, 4) is 0 Å². The third-order valence-electron chi connectivity index (χ3n) is 4.71. The van der Waals surface area contributed by atoms with Gasteiger partial charge in [0.1, 0.15) is 0 Å². The van der Waals surface area contributed by atoms with Crippen molar-refractivity contribution in [1.29, 1.82) is 0 Å². The van der Waals surface area contributed by atoms with Gasteiger partial charge in [-0.05, 0) is 77.5 Å². The topological polar surface area (TPSA) is 15.3 Å². The molecule has 2 aliphatic heterocycles. The van der Waals surface area contributed by atoms with Crippen molar-refractivity contribution in [2.75, 3.05) is 26.2 Å². The van der Waals surface area contributed by atoms with E-state index in [1.54, 1.807) is 0 Å². The Hall–Kier alpha value is -0.0800. The molecule has 0 aromatic heterocycles. The van der Waals surface area contributed by atoms with Crippen LogP contribution in [0.15, 0.2) is 0 Å². The van der Waals surface area contributed by atoms with E-state index in [1.165, 1.54) is 77.5 Å². The Labute approximate surface area is 107 Å². The first-order valence-corrected chi connectivity index (χ1v) is 7.81. The summed E-state index contributed by atoms with van der Waals surface area (Å²) in [5.41, 5.74) is 0. The smallest absolute Gasteiger partial charge is 0.00669 e. The van der Waals surface area contributed by atoms with Crippen LogP contribution in [0.5, 0.6) is 0 Å². The van der Waals surface area contributed by atoms with Gasteiger partial charge in [0.25, 0.3) is 0 Å². The van der Waals surface area contributed by atoms with E-state index < -0.39 is 0 Å². The van der Waals surface area contributed by atoms with Crippen LogP contribution in [0.4, 0.5) is 0 Å². The Kier molecular flexibility index (Phi) is 5.79. The van der Waals surface area contributed by atoms with Crippen LogP contribution in [0.2, 0.25) is 0 Å². The van der Waals surface area contributed by atoms with Crippen LogP contribution in [0.1, 0.15) is 58.3 Å². The lowest BCUT2D eigenvalue weighted by molar-refractivity contribution is 0.201. The van der Waals surface area contributed by atoms with E-state index in [0.29, 0.717) is 0 Å². The van der Waals surface area contributed by atoms with E-state index >= 15 is 0 Å². The molecule has 0 aliphatic carbocycles. The highest BCUT2D eigenvalue weighted by atomic mass is 15.1. The molecule has 0 amide bonds. The molecule has 2 saturated heterocycles. The van der Waals surface area contributed by atoms with Gasteiger partial charge in [-0.15, -0.1) is 0 Å². The molecule has 0 aromatic carbocycles. The summed E-state index contributed by atoms with van der Waals surface area (Å²) >= 11 is 0. The van der Waals surface area contributed by atoms with E-state index in [4.69, 9.17) is 0 Å². The summed E-state index contributed by atoms with van der Waals surface area (Å²) in [6, 6.07) is 0.838. The SMILES string of the molecule is CC1CCCCCN1CCCC1CCNCC1. The van der Waals surface area contributed by atoms with Gasteiger partial charge in [-0.1, -0.05) is 12.8 Å². The molecule has 1 N–H and O–H groups in total. The Morgan fingerprint density at radius 1 is 1.06 bits per heavy atom. The molecule has 2 aliphatic rings. The average molecular weight is 238 g/mol. The molecular weight excluding hydrogens is 208 g/mol. The maximum Gasteiger partial charge on any atom is 0.00669 e. The van der Waals surface area contributed by atoms with Gasteiger partial charge in [0.15, 0.2) is 0 Å². The Morgan fingerprint density at radius 3 is 2.71 bits per heavy atom. The van der Waals surface area contributed by atoms with E-state index in [0.717, 1.165) is 12.0 Å². The van der Waals surface area contributed by atoms with Crippen LogP contribution in [0.25, 0.3) is 0 Å². The number of likely N-dealkylation sites (tertiary alicyclic amines) is 1. The lowest BCUT2D eigenvalue weighted by Gasteiger charge is -2.28. The molecule has 1 unspecified atom stereocenters. The number of nitrogens with zero attached hydrogens (tertiary/aromatic N) is 1. The highest BCUT2D eigenvalue weighted by Crippen LogP contribution is 2.20. The largest absolute Gasteiger partial charge is 0.317 e. The van der Waals surface area contributed by atoms with Crippen molar-refractivity contribution in [2.24, 2.45) is 5.92 Å². The van der Waals surface area contributed by atoms with Crippen molar-refractivity contribution in [1.82, 2.24) is 10.2 Å². The van der Waals surface area contributed by atoms with Gasteiger partial charge in [-0.25, -0.2) is 0 Å². The molecule has 1 atom stereocenters. The predicted molar refractivity (Wildman–Crippen MR) is 74.3 cm³/mol. The third-order valence-corrected chi connectivity index (χ3v) is 4.71. The second-order valence-corrected chi connectivity index (χ2v) is 6.07. The molecule has 2 heterocycles. The number of hydrogen-bond acceptors (Lipinski definition) is 2. The number of nitrogens with one attached hydrogen (secondary N) is 1. The van der Waals surface area contributed by atoms with Crippen molar-refractivity contribution in [3.05, 3.63) is 0 Å². The maximum atomic E-state index is 3.46. The van der Waals surface area contributed by atoms with Crippen molar-refractivity contribution >= 4 is 0 Å². The van der Waals surface area contributed by atoms with Crippen molar-refractivity contribution in [2.45, 2.75) is 64.3 Å². The molecule has 0 spiro atoms. The molecule has 100 valence electrons. The Morgan fingerprint density at radius 2 is 1.88 bits per heavy atom. The zero-order valence-corrected chi connectivity index (χ0v) is 11.6. The molecular formula is C15H30N2. The molecule has 2 fully saturated rings. The van der Waals surface area contributed by atoms with Gasteiger partial charge in [0.2, 0.25) is 0 Å². The average Bonchev–Trinajstić information content (AvgIpc) is 2.56. The summed E-state index contributed by atoms with van der Waals surface area (Å²) < 4.78 is 0. The first-order valence-electron chi connectivity index (χ1n) is 7.81. The molecule has 2 rings (SSSR count). The van der Waals surface area contributed by atoms with E-state index in [2.05, 4.69) is 17.1 Å². The van der Waals surface area contributed by atoms with Gasteiger partial charge >= 0.3 is 0 Å². The summed E-state index contributed by atoms with van der Waals surface area (Å²) in [6.07, 6.45) is 11.5. The summed E-state index contributed by atoms with van der Waals surface area (Å²) in [4.78, 5) is 2.74. The van der Waals surface area contributed by atoms with Gasteiger partial charge in [0, 0.05) is 6.04 Å². The Balaban J connectivity index is 1.62. The van der Waals surface area contributed by atoms with Crippen LogP contribution >= 0.6 is 0 Å². The number of hydrogen-bond donors (Lipinski definition) is 1. The third kappa shape index (κ3) is 4.59. The quantitative estimate of drug-likeness (QED) is 0.810. The Bertz CT molecular complexity index is 199. The lowest BCUT2D eigenvalue weighted by atomic mass is 9.93. The highest BCUT2D eigenvalue weighted by molar-refractivity contribution is 4.73. The molecule has 0 bridgehead atoms. The van der Waals surface area contributed by atoms with Crippen LogP contribution in [0, 0.1) is 5.92 Å². The fourth-order valence-electron chi connectivity index (χ4n) is 3.42. The summed E-state index contributed by atoms with van der Waals surface area (Å²) in [7, 11) is 0. The zero-order valence-electron chi connectivity index (χ0n) is 11.6. The summed E-state index contributed by atoms with van der Waals surface area (Å²) in [6.45, 7) is 7.64.